The summed E-state index contributed by atoms with van der Waals surface area (Å²) in [5.74, 6) is -0.157. The summed E-state index contributed by atoms with van der Waals surface area (Å²) in [5, 5.41) is 9.17. The van der Waals surface area contributed by atoms with Gasteiger partial charge in [-0.25, -0.2) is 4.79 Å². The minimum Gasteiger partial charge on any atom is -0.468 e. The number of allylic oxidation sites excluding steroid dienone is 1. The molecule has 0 radical (unpaired) electrons. The van der Waals surface area contributed by atoms with Gasteiger partial charge in [-0.3, -0.25) is 0 Å². The fourth-order valence-electron chi connectivity index (χ4n) is 1.61. The Kier molecular flexibility index (Phi) is 5.07. The van der Waals surface area contributed by atoms with Gasteiger partial charge in [0.25, 0.3) is 0 Å². The standard InChI is InChI=1S/C12H19NO2/c1-6-12(8-13,11(14)15-5)10(4)7-9(2)3/h7,9H,6H2,1-5H3/b10-7-/t12-/m0/s1. The van der Waals surface area contributed by atoms with Crippen molar-refractivity contribution in [2.45, 2.75) is 34.1 Å². The highest BCUT2D eigenvalue weighted by atomic mass is 16.5. The molecule has 0 aromatic rings. The summed E-state index contributed by atoms with van der Waals surface area (Å²) in [6.07, 6.45) is 2.37. The molecule has 15 heavy (non-hydrogen) atoms. The number of methoxy groups -OCH3 is 1. The summed E-state index contributed by atoms with van der Waals surface area (Å²) in [5.41, 5.74) is -0.340. The topological polar surface area (TPSA) is 50.1 Å². The molecule has 0 heterocycles. The molecule has 0 saturated carbocycles. The van der Waals surface area contributed by atoms with E-state index in [9.17, 15) is 4.79 Å². The molecular weight excluding hydrogens is 190 g/mol. The molecule has 0 aliphatic heterocycles. The fourth-order valence-corrected chi connectivity index (χ4v) is 1.61. The summed E-state index contributed by atoms with van der Waals surface area (Å²) in [6, 6.07) is 2.08. The van der Waals surface area contributed by atoms with E-state index >= 15 is 0 Å². The first-order valence-electron chi connectivity index (χ1n) is 5.13. The van der Waals surface area contributed by atoms with Crippen LogP contribution in [-0.4, -0.2) is 13.1 Å². The first kappa shape index (κ1) is 13.7. The Bertz CT molecular complexity index is 299. The molecule has 1 atom stereocenters. The Morgan fingerprint density at radius 3 is 2.40 bits per heavy atom. The van der Waals surface area contributed by atoms with Crippen molar-refractivity contribution in [3.63, 3.8) is 0 Å². The van der Waals surface area contributed by atoms with Crippen molar-refractivity contribution in [3.8, 4) is 6.07 Å². The smallest absolute Gasteiger partial charge is 0.330 e. The van der Waals surface area contributed by atoms with E-state index in [-0.39, 0.29) is 0 Å². The number of ether oxygens (including phenoxy) is 1. The molecule has 0 aromatic carbocycles. The zero-order valence-corrected chi connectivity index (χ0v) is 10.1. The Balaban J connectivity index is 5.31. The number of carbonyl (C=O) groups excluding carboxylic acids is 1. The second-order valence-corrected chi connectivity index (χ2v) is 3.96. The lowest BCUT2D eigenvalue weighted by atomic mass is 9.78. The van der Waals surface area contributed by atoms with Gasteiger partial charge >= 0.3 is 5.97 Å². The van der Waals surface area contributed by atoms with Crippen molar-refractivity contribution in [3.05, 3.63) is 11.6 Å². The second kappa shape index (κ2) is 5.55. The summed E-state index contributed by atoms with van der Waals surface area (Å²) in [7, 11) is 1.31. The van der Waals surface area contributed by atoms with Crippen molar-refractivity contribution in [1.82, 2.24) is 0 Å². The molecule has 0 aliphatic rings. The molecule has 0 unspecified atom stereocenters. The van der Waals surface area contributed by atoms with Crippen LogP contribution in [0.25, 0.3) is 0 Å². The van der Waals surface area contributed by atoms with Crippen LogP contribution in [0.3, 0.4) is 0 Å². The number of carbonyl (C=O) groups is 1. The van der Waals surface area contributed by atoms with Gasteiger partial charge in [0.2, 0.25) is 0 Å². The van der Waals surface area contributed by atoms with Crippen LogP contribution in [0.15, 0.2) is 11.6 Å². The van der Waals surface area contributed by atoms with Crippen LogP contribution in [-0.2, 0) is 9.53 Å². The van der Waals surface area contributed by atoms with Crippen LogP contribution >= 0.6 is 0 Å². The molecular formula is C12H19NO2. The predicted octanol–water partition coefficient (Wildman–Crippen LogP) is 2.68. The van der Waals surface area contributed by atoms with Gasteiger partial charge in [0.05, 0.1) is 13.2 Å². The third kappa shape index (κ3) is 2.82. The molecule has 0 bridgehead atoms. The van der Waals surface area contributed by atoms with Crippen molar-refractivity contribution in [1.29, 1.82) is 5.26 Å². The Morgan fingerprint density at radius 2 is 2.13 bits per heavy atom. The SMILES string of the molecule is CC[C@@](C#N)(C(=O)OC)/C(C)=C\C(C)C. The molecule has 0 aromatic heterocycles. The third-order valence-electron chi connectivity index (χ3n) is 2.51. The van der Waals surface area contributed by atoms with E-state index in [1.54, 1.807) is 0 Å². The van der Waals surface area contributed by atoms with Gasteiger partial charge in [-0.05, 0) is 24.8 Å². The van der Waals surface area contributed by atoms with Crippen LogP contribution in [0.4, 0.5) is 0 Å². The van der Waals surface area contributed by atoms with Gasteiger partial charge in [-0.1, -0.05) is 26.8 Å². The summed E-state index contributed by atoms with van der Waals surface area (Å²) < 4.78 is 4.70. The maximum atomic E-state index is 11.6. The zero-order chi connectivity index (χ0) is 12.1. The van der Waals surface area contributed by atoms with Crippen molar-refractivity contribution in [2.75, 3.05) is 7.11 Å². The van der Waals surface area contributed by atoms with Crippen LogP contribution in [0, 0.1) is 22.7 Å². The Morgan fingerprint density at radius 1 is 1.60 bits per heavy atom. The first-order valence-corrected chi connectivity index (χ1v) is 5.13. The number of esters is 1. The molecule has 0 fully saturated rings. The largest absolute Gasteiger partial charge is 0.468 e. The number of hydrogen-bond donors (Lipinski definition) is 0. The summed E-state index contributed by atoms with van der Waals surface area (Å²) in [4.78, 5) is 11.6. The maximum Gasteiger partial charge on any atom is 0.330 e. The van der Waals surface area contributed by atoms with Crippen molar-refractivity contribution < 1.29 is 9.53 Å². The van der Waals surface area contributed by atoms with Gasteiger partial charge in [-0.2, -0.15) is 5.26 Å². The van der Waals surface area contributed by atoms with E-state index in [4.69, 9.17) is 10.00 Å². The highest BCUT2D eigenvalue weighted by Crippen LogP contribution is 2.32. The van der Waals surface area contributed by atoms with E-state index in [1.165, 1.54) is 7.11 Å². The first-order chi connectivity index (χ1) is 6.94. The number of hydrogen-bond acceptors (Lipinski definition) is 3. The number of nitrogens with zero attached hydrogens (tertiary/aromatic N) is 1. The van der Waals surface area contributed by atoms with E-state index in [0.717, 1.165) is 5.57 Å². The third-order valence-corrected chi connectivity index (χ3v) is 2.51. The van der Waals surface area contributed by atoms with E-state index in [0.29, 0.717) is 12.3 Å². The van der Waals surface area contributed by atoms with Gasteiger partial charge in [-0.15, -0.1) is 0 Å². The van der Waals surface area contributed by atoms with Crippen molar-refractivity contribution in [2.24, 2.45) is 11.3 Å². The molecule has 84 valence electrons. The molecule has 0 amide bonds. The molecule has 3 heteroatoms. The average Bonchev–Trinajstić information content (AvgIpc) is 2.19. The summed E-state index contributed by atoms with van der Waals surface area (Å²) in [6.45, 7) is 7.65. The number of nitriles is 1. The molecule has 0 rings (SSSR count). The second-order valence-electron chi connectivity index (χ2n) is 3.96. The lowest BCUT2D eigenvalue weighted by molar-refractivity contribution is -0.147. The Labute approximate surface area is 91.7 Å². The van der Waals surface area contributed by atoms with E-state index in [1.807, 2.05) is 33.8 Å². The average molecular weight is 209 g/mol. The van der Waals surface area contributed by atoms with Gasteiger partial charge in [0.1, 0.15) is 0 Å². The molecule has 0 spiro atoms. The fraction of sp³-hybridized carbons (Fsp3) is 0.667. The van der Waals surface area contributed by atoms with Gasteiger partial charge in [0.15, 0.2) is 5.41 Å². The van der Waals surface area contributed by atoms with Crippen LogP contribution in [0.1, 0.15) is 34.1 Å². The summed E-state index contributed by atoms with van der Waals surface area (Å²) >= 11 is 0. The lowest BCUT2D eigenvalue weighted by Gasteiger charge is -2.23. The van der Waals surface area contributed by atoms with E-state index < -0.39 is 11.4 Å². The van der Waals surface area contributed by atoms with Gasteiger partial charge < -0.3 is 4.74 Å². The highest BCUT2D eigenvalue weighted by Gasteiger charge is 2.40. The minimum absolute atomic E-state index is 0.314. The minimum atomic E-state index is -1.11. The normalized spacial score (nSPS) is 15.7. The van der Waals surface area contributed by atoms with Crippen molar-refractivity contribution >= 4 is 5.97 Å². The van der Waals surface area contributed by atoms with Gasteiger partial charge in [0, 0.05) is 0 Å². The zero-order valence-electron chi connectivity index (χ0n) is 10.1. The predicted molar refractivity (Wildman–Crippen MR) is 58.9 cm³/mol. The molecule has 0 aliphatic carbocycles. The monoisotopic (exact) mass is 209 g/mol. The highest BCUT2D eigenvalue weighted by molar-refractivity contribution is 5.83. The maximum absolute atomic E-state index is 11.6. The quantitative estimate of drug-likeness (QED) is 0.528. The molecule has 0 N–H and O–H groups in total. The number of rotatable bonds is 4. The van der Waals surface area contributed by atoms with E-state index in [2.05, 4.69) is 6.07 Å². The molecule has 0 saturated heterocycles. The lowest BCUT2D eigenvalue weighted by Crippen LogP contribution is -2.31. The van der Waals surface area contributed by atoms with Crippen LogP contribution < -0.4 is 0 Å². The Hall–Kier alpha value is -1.30. The van der Waals surface area contributed by atoms with Crippen LogP contribution in [0.2, 0.25) is 0 Å². The van der Waals surface area contributed by atoms with Crippen LogP contribution in [0.5, 0.6) is 0 Å². The molecule has 3 nitrogen and oxygen atoms in total.